The van der Waals surface area contributed by atoms with E-state index in [-0.39, 0.29) is 18.0 Å². The number of nitrogens with zero attached hydrogens (tertiary/aromatic N) is 2. The topological polar surface area (TPSA) is 84.2 Å². The molecule has 2 N–H and O–H groups in total. The molecule has 6 nitrogen and oxygen atoms in total. The minimum atomic E-state index is -0.934. The van der Waals surface area contributed by atoms with Crippen LogP contribution in [0.15, 0.2) is 6.07 Å². The summed E-state index contributed by atoms with van der Waals surface area (Å²) in [7, 11) is 0. The first-order valence-corrected chi connectivity index (χ1v) is 6.21. The molecule has 0 aliphatic heterocycles. The highest BCUT2D eigenvalue weighted by molar-refractivity contribution is 5.92. The fourth-order valence-corrected chi connectivity index (χ4v) is 1.69. The number of nitrogens with one attached hydrogen (secondary N) is 1. The number of hydrogen-bond donors (Lipinski definition) is 2. The SMILES string of the molecule is Cc1cc(C(=O)NC[C@@H](C)C(=O)O)nn1C(C)(C)C. The average Bonchev–Trinajstić information content (AvgIpc) is 2.67. The Morgan fingerprint density at radius 2 is 2.05 bits per heavy atom. The van der Waals surface area contributed by atoms with Gasteiger partial charge in [-0.1, -0.05) is 6.92 Å². The minimum Gasteiger partial charge on any atom is -0.481 e. The third kappa shape index (κ3) is 3.81. The van der Waals surface area contributed by atoms with Gasteiger partial charge in [-0.3, -0.25) is 14.3 Å². The van der Waals surface area contributed by atoms with Crippen LogP contribution < -0.4 is 5.32 Å². The van der Waals surface area contributed by atoms with Gasteiger partial charge in [0.1, 0.15) is 5.69 Å². The third-order valence-electron chi connectivity index (χ3n) is 2.75. The monoisotopic (exact) mass is 267 g/mol. The predicted octanol–water partition coefficient (Wildman–Crippen LogP) is 1.40. The maximum absolute atomic E-state index is 11.9. The Bertz CT molecular complexity index is 486. The highest BCUT2D eigenvalue weighted by Crippen LogP contribution is 2.16. The standard InChI is InChI=1S/C13H21N3O3/c1-8(12(18)19)7-14-11(17)10-6-9(2)16(15-10)13(3,4)5/h6,8H,7H2,1-5H3,(H,14,17)(H,18,19)/t8-/m1/s1. The molecule has 1 atom stereocenters. The number of amides is 1. The van der Waals surface area contributed by atoms with E-state index in [0.717, 1.165) is 5.69 Å². The third-order valence-corrected chi connectivity index (χ3v) is 2.75. The van der Waals surface area contributed by atoms with Gasteiger partial charge < -0.3 is 10.4 Å². The maximum Gasteiger partial charge on any atom is 0.308 e. The lowest BCUT2D eigenvalue weighted by atomic mass is 10.1. The Labute approximate surface area is 112 Å². The van der Waals surface area contributed by atoms with E-state index in [1.54, 1.807) is 17.7 Å². The van der Waals surface area contributed by atoms with Gasteiger partial charge in [-0.05, 0) is 33.8 Å². The van der Waals surface area contributed by atoms with Crippen LogP contribution in [0.1, 0.15) is 43.9 Å². The Balaban J connectivity index is 2.76. The van der Waals surface area contributed by atoms with Crippen LogP contribution in [0, 0.1) is 12.8 Å². The van der Waals surface area contributed by atoms with E-state index < -0.39 is 11.9 Å². The molecular formula is C13H21N3O3. The van der Waals surface area contributed by atoms with Gasteiger partial charge in [-0.2, -0.15) is 5.10 Å². The second-order valence-corrected chi connectivity index (χ2v) is 5.70. The molecule has 6 heteroatoms. The molecule has 1 heterocycles. The minimum absolute atomic E-state index is 0.0928. The largest absolute Gasteiger partial charge is 0.481 e. The molecule has 0 aliphatic rings. The molecule has 0 unspecified atom stereocenters. The van der Waals surface area contributed by atoms with Crippen LogP contribution in [0.3, 0.4) is 0 Å². The van der Waals surface area contributed by atoms with Crippen molar-refractivity contribution in [3.05, 3.63) is 17.5 Å². The summed E-state index contributed by atoms with van der Waals surface area (Å²) >= 11 is 0. The summed E-state index contributed by atoms with van der Waals surface area (Å²) in [5.74, 6) is -1.90. The summed E-state index contributed by atoms with van der Waals surface area (Å²) in [4.78, 5) is 22.6. The van der Waals surface area contributed by atoms with Crippen molar-refractivity contribution >= 4 is 11.9 Å². The molecule has 0 bridgehead atoms. The number of carbonyl (C=O) groups excluding carboxylic acids is 1. The lowest BCUT2D eigenvalue weighted by Crippen LogP contribution is -2.32. The van der Waals surface area contributed by atoms with Crippen LogP contribution in [0.25, 0.3) is 0 Å². The smallest absolute Gasteiger partial charge is 0.308 e. The molecule has 0 saturated heterocycles. The summed E-state index contributed by atoms with van der Waals surface area (Å²) in [6, 6.07) is 1.70. The molecule has 0 fully saturated rings. The number of carbonyl (C=O) groups is 2. The van der Waals surface area contributed by atoms with Crippen molar-refractivity contribution in [2.24, 2.45) is 5.92 Å². The zero-order valence-electron chi connectivity index (χ0n) is 12.0. The maximum atomic E-state index is 11.9. The quantitative estimate of drug-likeness (QED) is 0.863. The van der Waals surface area contributed by atoms with Crippen LogP contribution in [-0.2, 0) is 10.3 Å². The van der Waals surface area contributed by atoms with E-state index in [0.29, 0.717) is 5.69 Å². The lowest BCUT2D eigenvalue weighted by Gasteiger charge is -2.21. The van der Waals surface area contributed by atoms with Crippen molar-refractivity contribution in [1.82, 2.24) is 15.1 Å². The van der Waals surface area contributed by atoms with Gasteiger partial charge in [0.25, 0.3) is 5.91 Å². The molecule has 0 spiro atoms. The molecule has 0 aromatic carbocycles. The predicted molar refractivity (Wildman–Crippen MR) is 71.1 cm³/mol. The summed E-state index contributed by atoms with van der Waals surface area (Å²) in [6.07, 6.45) is 0. The van der Waals surface area contributed by atoms with Gasteiger partial charge in [-0.15, -0.1) is 0 Å². The number of carboxylic acid groups (broad SMARTS) is 1. The zero-order valence-corrected chi connectivity index (χ0v) is 12.0. The van der Waals surface area contributed by atoms with Crippen molar-refractivity contribution in [2.75, 3.05) is 6.54 Å². The van der Waals surface area contributed by atoms with E-state index >= 15 is 0 Å². The molecule has 1 amide bonds. The van der Waals surface area contributed by atoms with E-state index in [4.69, 9.17) is 5.11 Å². The molecule has 106 valence electrons. The van der Waals surface area contributed by atoms with E-state index in [9.17, 15) is 9.59 Å². The second-order valence-electron chi connectivity index (χ2n) is 5.70. The molecular weight excluding hydrogens is 246 g/mol. The summed E-state index contributed by atoms with van der Waals surface area (Å²) in [5.41, 5.74) is 1.01. The van der Waals surface area contributed by atoms with Crippen LogP contribution in [0.2, 0.25) is 0 Å². The first kappa shape index (κ1) is 15.2. The van der Waals surface area contributed by atoms with Gasteiger partial charge in [0.15, 0.2) is 0 Å². The van der Waals surface area contributed by atoms with Crippen LogP contribution in [0.5, 0.6) is 0 Å². The van der Waals surface area contributed by atoms with Crippen LogP contribution >= 0.6 is 0 Å². The summed E-state index contributed by atoms with van der Waals surface area (Å²) < 4.78 is 1.78. The zero-order chi connectivity index (χ0) is 14.8. The molecule has 0 aliphatic carbocycles. The van der Waals surface area contributed by atoms with Gasteiger partial charge >= 0.3 is 5.97 Å². The number of aromatic nitrogens is 2. The normalized spacial score (nSPS) is 13.1. The highest BCUT2D eigenvalue weighted by atomic mass is 16.4. The van der Waals surface area contributed by atoms with Crippen molar-refractivity contribution in [3.8, 4) is 0 Å². The fourth-order valence-electron chi connectivity index (χ4n) is 1.69. The highest BCUT2D eigenvalue weighted by Gasteiger charge is 2.20. The number of aliphatic carboxylic acids is 1. The van der Waals surface area contributed by atoms with Crippen LogP contribution in [-0.4, -0.2) is 33.3 Å². The van der Waals surface area contributed by atoms with Gasteiger partial charge in [0, 0.05) is 12.2 Å². The van der Waals surface area contributed by atoms with Crippen molar-refractivity contribution in [2.45, 2.75) is 40.2 Å². The molecule has 0 saturated carbocycles. The van der Waals surface area contributed by atoms with Gasteiger partial charge in [-0.25, -0.2) is 0 Å². The lowest BCUT2D eigenvalue weighted by molar-refractivity contribution is -0.140. The fraction of sp³-hybridized carbons (Fsp3) is 0.615. The molecule has 1 aromatic rings. The number of aryl methyl sites for hydroxylation is 1. The van der Waals surface area contributed by atoms with Crippen molar-refractivity contribution in [1.29, 1.82) is 0 Å². The number of hydrogen-bond acceptors (Lipinski definition) is 3. The molecule has 19 heavy (non-hydrogen) atoms. The van der Waals surface area contributed by atoms with Crippen molar-refractivity contribution < 1.29 is 14.7 Å². The molecule has 0 radical (unpaired) electrons. The Morgan fingerprint density at radius 3 is 2.47 bits per heavy atom. The first-order chi connectivity index (χ1) is 8.62. The van der Waals surface area contributed by atoms with Crippen molar-refractivity contribution in [3.63, 3.8) is 0 Å². The summed E-state index contributed by atoms with van der Waals surface area (Å²) in [6.45, 7) is 9.52. The van der Waals surface area contributed by atoms with Gasteiger partial charge in [0.05, 0.1) is 11.5 Å². The average molecular weight is 267 g/mol. The number of carboxylic acids is 1. The Morgan fingerprint density at radius 1 is 1.47 bits per heavy atom. The second kappa shape index (κ2) is 5.42. The molecule has 1 rings (SSSR count). The van der Waals surface area contributed by atoms with E-state index in [1.165, 1.54) is 0 Å². The Kier molecular flexibility index (Phi) is 4.34. The van der Waals surface area contributed by atoms with Gasteiger partial charge in [0.2, 0.25) is 0 Å². The van der Waals surface area contributed by atoms with Crippen LogP contribution in [0.4, 0.5) is 0 Å². The van der Waals surface area contributed by atoms with E-state index in [2.05, 4.69) is 10.4 Å². The Hall–Kier alpha value is -1.85. The first-order valence-electron chi connectivity index (χ1n) is 6.21. The van der Waals surface area contributed by atoms with E-state index in [1.807, 2.05) is 27.7 Å². The number of rotatable bonds is 4. The summed E-state index contributed by atoms with van der Waals surface area (Å²) in [5, 5.41) is 15.6. The molecule has 1 aromatic heterocycles.